The van der Waals surface area contributed by atoms with Crippen LogP contribution in [-0.4, -0.2) is 54.6 Å². The molecule has 1 amide bonds. The summed E-state index contributed by atoms with van der Waals surface area (Å²) in [5.74, 6) is 0. The molecule has 1 heterocycles. The van der Waals surface area contributed by atoms with Gasteiger partial charge < -0.3 is 19.8 Å². The first-order chi connectivity index (χ1) is 6.63. The number of carbonyl (C=O) groups is 1. The molecule has 0 aromatic heterocycles. The maximum absolute atomic E-state index is 10.6. The molecule has 0 aromatic carbocycles. The summed E-state index contributed by atoms with van der Waals surface area (Å²) in [5.41, 5.74) is -0.235. The van der Waals surface area contributed by atoms with Gasteiger partial charge in [-0.15, -0.1) is 0 Å². The zero-order chi connectivity index (χ0) is 10.6. The molecule has 0 aromatic rings. The van der Waals surface area contributed by atoms with E-state index in [1.165, 1.54) is 4.90 Å². The van der Waals surface area contributed by atoms with E-state index in [9.17, 15) is 9.90 Å². The fourth-order valence-electron chi connectivity index (χ4n) is 1.83. The number of nitrogens with zero attached hydrogens (tertiary/aromatic N) is 1. The third-order valence-corrected chi connectivity index (χ3v) is 2.88. The number of aliphatic hydroxyl groups is 1. The predicted molar refractivity (Wildman–Crippen MR) is 50.2 cm³/mol. The summed E-state index contributed by atoms with van der Waals surface area (Å²) in [6.45, 7) is 1.53. The zero-order valence-corrected chi connectivity index (χ0v) is 8.40. The first kappa shape index (κ1) is 11.3. The molecule has 0 unspecified atom stereocenters. The lowest BCUT2D eigenvalue weighted by Gasteiger charge is -2.39. The molecule has 82 valence electrons. The summed E-state index contributed by atoms with van der Waals surface area (Å²) in [6.07, 6.45) is 0.460. The van der Waals surface area contributed by atoms with Crippen molar-refractivity contribution in [2.45, 2.75) is 12.8 Å². The van der Waals surface area contributed by atoms with Crippen molar-refractivity contribution in [3.05, 3.63) is 0 Å². The molecule has 2 N–H and O–H groups in total. The summed E-state index contributed by atoms with van der Waals surface area (Å²) >= 11 is 0. The molecular formula is C9H17NO4. The smallest absolute Gasteiger partial charge is 0.407 e. The summed E-state index contributed by atoms with van der Waals surface area (Å²) in [6, 6.07) is 0. The van der Waals surface area contributed by atoms with Gasteiger partial charge in [0.15, 0.2) is 0 Å². The Hall–Kier alpha value is -0.810. The summed E-state index contributed by atoms with van der Waals surface area (Å²) < 4.78 is 5.05. The van der Waals surface area contributed by atoms with Gasteiger partial charge in [0.05, 0.1) is 13.2 Å². The Morgan fingerprint density at radius 2 is 2.07 bits per heavy atom. The van der Waals surface area contributed by atoms with E-state index in [0.29, 0.717) is 32.5 Å². The number of methoxy groups -OCH3 is 1. The molecule has 0 bridgehead atoms. The van der Waals surface area contributed by atoms with Crippen molar-refractivity contribution in [2.75, 3.05) is 33.4 Å². The van der Waals surface area contributed by atoms with Crippen LogP contribution in [0.5, 0.6) is 0 Å². The molecule has 0 saturated carbocycles. The monoisotopic (exact) mass is 203 g/mol. The third kappa shape index (κ3) is 2.36. The molecule has 0 aliphatic carbocycles. The van der Waals surface area contributed by atoms with Crippen LogP contribution in [0.25, 0.3) is 0 Å². The Kier molecular flexibility index (Phi) is 3.71. The molecule has 0 radical (unpaired) electrons. The Labute approximate surface area is 83.3 Å². The fourth-order valence-corrected chi connectivity index (χ4v) is 1.83. The van der Waals surface area contributed by atoms with Gasteiger partial charge in [0.1, 0.15) is 0 Å². The summed E-state index contributed by atoms with van der Waals surface area (Å²) in [5, 5.41) is 18.0. The normalized spacial score (nSPS) is 20.9. The van der Waals surface area contributed by atoms with Crippen molar-refractivity contribution in [3.63, 3.8) is 0 Å². The molecule has 0 atom stereocenters. The van der Waals surface area contributed by atoms with Gasteiger partial charge in [0.25, 0.3) is 0 Å². The van der Waals surface area contributed by atoms with Crippen LogP contribution in [0.4, 0.5) is 4.79 Å². The molecule has 0 spiro atoms. The van der Waals surface area contributed by atoms with Gasteiger partial charge in [-0.2, -0.15) is 0 Å². The zero-order valence-electron chi connectivity index (χ0n) is 8.40. The second kappa shape index (κ2) is 4.61. The van der Waals surface area contributed by atoms with Crippen LogP contribution in [-0.2, 0) is 4.74 Å². The van der Waals surface area contributed by atoms with Crippen LogP contribution in [0.15, 0.2) is 0 Å². The van der Waals surface area contributed by atoms with Gasteiger partial charge in [-0.1, -0.05) is 0 Å². The van der Waals surface area contributed by atoms with Crippen molar-refractivity contribution in [3.8, 4) is 0 Å². The minimum absolute atomic E-state index is 0.0638. The minimum atomic E-state index is -0.881. The summed E-state index contributed by atoms with van der Waals surface area (Å²) in [7, 11) is 1.60. The number of piperidine rings is 1. The molecule has 1 aliphatic heterocycles. The van der Waals surface area contributed by atoms with Crippen molar-refractivity contribution < 1.29 is 19.7 Å². The molecule has 1 fully saturated rings. The molecule has 1 rings (SSSR count). The highest BCUT2D eigenvalue weighted by atomic mass is 16.5. The molecule has 5 heteroatoms. The maximum Gasteiger partial charge on any atom is 0.407 e. The minimum Gasteiger partial charge on any atom is -0.465 e. The average molecular weight is 203 g/mol. The first-order valence-electron chi connectivity index (χ1n) is 4.71. The Morgan fingerprint density at radius 3 is 2.43 bits per heavy atom. The Morgan fingerprint density at radius 1 is 1.50 bits per heavy atom. The lowest BCUT2D eigenvalue weighted by molar-refractivity contribution is -0.0141. The topological polar surface area (TPSA) is 70.0 Å². The van der Waals surface area contributed by atoms with E-state index < -0.39 is 6.09 Å². The van der Waals surface area contributed by atoms with E-state index in [1.807, 2.05) is 0 Å². The maximum atomic E-state index is 10.6. The molecule has 14 heavy (non-hydrogen) atoms. The summed E-state index contributed by atoms with van der Waals surface area (Å²) in [4.78, 5) is 12.0. The largest absolute Gasteiger partial charge is 0.465 e. The number of likely N-dealkylation sites (tertiary alicyclic amines) is 1. The van der Waals surface area contributed by atoms with Crippen molar-refractivity contribution in [1.82, 2.24) is 4.90 Å². The molecule has 1 aliphatic rings. The van der Waals surface area contributed by atoms with Crippen LogP contribution in [0.1, 0.15) is 12.8 Å². The lowest BCUT2D eigenvalue weighted by atomic mass is 9.80. The molecule has 5 nitrogen and oxygen atoms in total. The highest BCUT2D eigenvalue weighted by molar-refractivity contribution is 5.65. The number of hydrogen-bond acceptors (Lipinski definition) is 3. The first-order valence-corrected chi connectivity index (χ1v) is 4.71. The number of aliphatic hydroxyl groups excluding tert-OH is 1. The second-order valence-corrected chi connectivity index (χ2v) is 3.86. The van der Waals surface area contributed by atoms with E-state index in [-0.39, 0.29) is 12.0 Å². The average Bonchev–Trinajstić information content (AvgIpc) is 2.19. The van der Waals surface area contributed by atoms with Gasteiger partial charge in [-0.05, 0) is 12.8 Å². The number of hydrogen-bond donors (Lipinski definition) is 2. The number of ether oxygens (including phenoxy) is 1. The number of rotatable bonds is 3. The van der Waals surface area contributed by atoms with Crippen LogP contribution >= 0.6 is 0 Å². The molecular weight excluding hydrogens is 186 g/mol. The SMILES string of the molecule is COCC1(CO)CCN(C(=O)O)CC1. The standard InChI is InChI=1S/C9H17NO4/c1-14-7-9(6-11)2-4-10(5-3-9)8(12)13/h11H,2-7H2,1H3,(H,12,13). The van der Waals surface area contributed by atoms with E-state index in [4.69, 9.17) is 9.84 Å². The van der Waals surface area contributed by atoms with E-state index in [1.54, 1.807) is 7.11 Å². The van der Waals surface area contributed by atoms with E-state index in [0.717, 1.165) is 0 Å². The Bertz CT molecular complexity index is 199. The highest BCUT2D eigenvalue weighted by Crippen LogP contribution is 2.31. The predicted octanol–water partition coefficient (Wildman–Crippen LogP) is 0.385. The molecule has 1 saturated heterocycles. The van der Waals surface area contributed by atoms with Crippen LogP contribution in [0, 0.1) is 5.41 Å². The van der Waals surface area contributed by atoms with E-state index in [2.05, 4.69) is 0 Å². The third-order valence-electron chi connectivity index (χ3n) is 2.88. The highest BCUT2D eigenvalue weighted by Gasteiger charge is 2.35. The van der Waals surface area contributed by atoms with Crippen LogP contribution < -0.4 is 0 Å². The number of amides is 1. The van der Waals surface area contributed by atoms with Crippen molar-refractivity contribution in [2.24, 2.45) is 5.41 Å². The van der Waals surface area contributed by atoms with Gasteiger partial charge in [0.2, 0.25) is 0 Å². The lowest BCUT2D eigenvalue weighted by Crippen LogP contribution is -2.46. The van der Waals surface area contributed by atoms with Gasteiger partial charge in [-0.25, -0.2) is 4.79 Å². The van der Waals surface area contributed by atoms with Crippen LogP contribution in [0.3, 0.4) is 0 Å². The van der Waals surface area contributed by atoms with Crippen molar-refractivity contribution in [1.29, 1.82) is 0 Å². The Balaban J connectivity index is 2.50. The second-order valence-electron chi connectivity index (χ2n) is 3.86. The van der Waals surface area contributed by atoms with Gasteiger partial charge >= 0.3 is 6.09 Å². The fraction of sp³-hybridized carbons (Fsp3) is 0.889. The van der Waals surface area contributed by atoms with Crippen molar-refractivity contribution >= 4 is 6.09 Å². The van der Waals surface area contributed by atoms with Gasteiger partial charge in [0, 0.05) is 25.6 Å². The van der Waals surface area contributed by atoms with E-state index >= 15 is 0 Å². The number of carboxylic acid groups (broad SMARTS) is 1. The van der Waals surface area contributed by atoms with Gasteiger partial charge in [-0.3, -0.25) is 0 Å². The quantitative estimate of drug-likeness (QED) is 0.696. The van der Waals surface area contributed by atoms with Crippen LogP contribution in [0.2, 0.25) is 0 Å².